The number of hydrogen-bond acceptors (Lipinski definition) is 2. The molecule has 92 valence electrons. The lowest BCUT2D eigenvalue weighted by molar-refractivity contribution is 0.480. The van der Waals surface area contributed by atoms with Crippen molar-refractivity contribution in [1.29, 1.82) is 0 Å². The molecular formula is C15H21NS. The zero-order chi connectivity index (χ0) is 11.9. The minimum absolute atomic E-state index is 0.0198. The van der Waals surface area contributed by atoms with E-state index in [1.54, 1.807) is 0 Å². The van der Waals surface area contributed by atoms with Crippen molar-refractivity contribution < 1.29 is 0 Å². The minimum atomic E-state index is 0.0198. The molecule has 17 heavy (non-hydrogen) atoms. The van der Waals surface area contributed by atoms with E-state index < -0.39 is 0 Å². The molecule has 2 fully saturated rings. The van der Waals surface area contributed by atoms with Gasteiger partial charge in [-0.15, -0.1) is 11.8 Å². The van der Waals surface area contributed by atoms with Crippen LogP contribution in [-0.4, -0.2) is 5.75 Å². The highest BCUT2D eigenvalue weighted by Crippen LogP contribution is 2.62. The molecule has 0 radical (unpaired) electrons. The molecule has 3 rings (SSSR count). The summed E-state index contributed by atoms with van der Waals surface area (Å²) in [5.41, 5.74) is 8.02. The molecule has 2 atom stereocenters. The second kappa shape index (κ2) is 4.33. The van der Waals surface area contributed by atoms with Crippen LogP contribution in [0.25, 0.3) is 0 Å². The van der Waals surface area contributed by atoms with Gasteiger partial charge in [-0.2, -0.15) is 0 Å². The normalized spacial score (nSPS) is 35.4. The highest BCUT2D eigenvalue weighted by molar-refractivity contribution is 7.99. The summed E-state index contributed by atoms with van der Waals surface area (Å²) in [6.45, 7) is 2.19. The molecule has 0 bridgehead atoms. The second-order valence-corrected chi connectivity index (χ2v) is 6.73. The lowest BCUT2D eigenvalue weighted by Gasteiger charge is -2.13. The predicted molar refractivity (Wildman–Crippen MR) is 74.2 cm³/mol. The minimum Gasteiger partial charge on any atom is -0.321 e. The number of thioether (sulfide) groups is 1. The Kier molecular flexibility index (Phi) is 2.95. The van der Waals surface area contributed by atoms with E-state index >= 15 is 0 Å². The molecule has 0 amide bonds. The fourth-order valence-corrected chi connectivity index (χ4v) is 4.27. The van der Waals surface area contributed by atoms with E-state index in [1.165, 1.54) is 36.1 Å². The third-order valence-electron chi connectivity index (χ3n) is 4.55. The molecule has 0 heterocycles. The summed E-state index contributed by atoms with van der Waals surface area (Å²) < 4.78 is 0. The lowest BCUT2D eigenvalue weighted by Crippen LogP contribution is -2.23. The summed E-state index contributed by atoms with van der Waals surface area (Å²) in [5, 5.41) is 0. The maximum Gasteiger partial charge on any atom is 0.0473 e. The van der Waals surface area contributed by atoms with Gasteiger partial charge < -0.3 is 5.73 Å². The summed E-state index contributed by atoms with van der Waals surface area (Å²) in [5.74, 6) is 2.67. The molecule has 1 aromatic carbocycles. The average Bonchev–Trinajstić information content (AvgIpc) is 2.99. The Labute approximate surface area is 108 Å². The van der Waals surface area contributed by atoms with Crippen molar-refractivity contribution in [2.24, 2.45) is 17.6 Å². The highest BCUT2D eigenvalue weighted by atomic mass is 32.2. The van der Waals surface area contributed by atoms with Crippen LogP contribution < -0.4 is 5.73 Å². The van der Waals surface area contributed by atoms with Gasteiger partial charge in [-0.3, -0.25) is 0 Å². The highest BCUT2D eigenvalue weighted by Gasteiger charge is 2.62. The summed E-state index contributed by atoms with van der Waals surface area (Å²) in [6.07, 6.45) is 5.44. The van der Waals surface area contributed by atoms with Gasteiger partial charge in [-0.1, -0.05) is 31.9 Å². The van der Waals surface area contributed by atoms with Crippen molar-refractivity contribution in [3.05, 3.63) is 29.8 Å². The Morgan fingerprint density at radius 1 is 1.18 bits per heavy atom. The summed E-state index contributed by atoms with van der Waals surface area (Å²) in [6, 6.07) is 9.00. The first kappa shape index (κ1) is 11.6. The van der Waals surface area contributed by atoms with Gasteiger partial charge in [0.25, 0.3) is 0 Å². The average molecular weight is 247 g/mol. The van der Waals surface area contributed by atoms with Gasteiger partial charge in [0.1, 0.15) is 0 Å². The molecule has 1 aromatic rings. The third kappa shape index (κ3) is 1.82. The van der Waals surface area contributed by atoms with Crippen molar-refractivity contribution >= 4 is 11.8 Å². The topological polar surface area (TPSA) is 26.0 Å². The SMILES string of the molecule is CCSc1ccc(C2(N)C3CCCCC32)cc1. The molecule has 2 unspecified atom stereocenters. The Morgan fingerprint density at radius 3 is 2.29 bits per heavy atom. The zero-order valence-electron chi connectivity index (χ0n) is 10.5. The van der Waals surface area contributed by atoms with Crippen LogP contribution in [0.5, 0.6) is 0 Å². The molecule has 2 aliphatic carbocycles. The molecule has 2 aliphatic rings. The van der Waals surface area contributed by atoms with Crippen molar-refractivity contribution in [2.75, 3.05) is 5.75 Å². The van der Waals surface area contributed by atoms with Crippen molar-refractivity contribution in [2.45, 2.75) is 43.0 Å². The van der Waals surface area contributed by atoms with Crippen LogP contribution >= 0.6 is 11.8 Å². The summed E-state index contributed by atoms with van der Waals surface area (Å²) in [7, 11) is 0. The van der Waals surface area contributed by atoms with Gasteiger partial charge in [-0.05, 0) is 48.1 Å². The molecule has 0 spiro atoms. The Balaban J connectivity index is 1.80. The van der Waals surface area contributed by atoms with E-state index in [9.17, 15) is 0 Å². The molecule has 0 aliphatic heterocycles. The molecule has 2 heteroatoms. The smallest absolute Gasteiger partial charge is 0.0473 e. The fraction of sp³-hybridized carbons (Fsp3) is 0.600. The Hall–Kier alpha value is -0.470. The largest absolute Gasteiger partial charge is 0.321 e. The third-order valence-corrected chi connectivity index (χ3v) is 5.44. The van der Waals surface area contributed by atoms with E-state index in [4.69, 9.17) is 5.73 Å². The van der Waals surface area contributed by atoms with Crippen LogP contribution in [0.1, 0.15) is 38.2 Å². The number of nitrogens with two attached hydrogens (primary N) is 1. The Morgan fingerprint density at radius 2 is 1.76 bits per heavy atom. The monoisotopic (exact) mass is 247 g/mol. The van der Waals surface area contributed by atoms with Gasteiger partial charge in [0.2, 0.25) is 0 Å². The van der Waals surface area contributed by atoms with Crippen LogP contribution in [0.15, 0.2) is 29.2 Å². The van der Waals surface area contributed by atoms with Gasteiger partial charge in [0.15, 0.2) is 0 Å². The molecule has 2 N–H and O–H groups in total. The number of benzene rings is 1. The van der Waals surface area contributed by atoms with Gasteiger partial charge >= 0.3 is 0 Å². The van der Waals surface area contributed by atoms with E-state index in [1.807, 2.05) is 11.8 Å². The van der Waals surface area contributed by atoms with Crippen LogP contribution in [0.3, 0.4) is 0 Å². The van der Waals surface area contributed by atoms with Crippen molar-refractivity contribution in [1.82, 2.24) is 0 Å². The van der Waals surface area contributed by atoms with Gasteiger partial charge in [0, 0.05) is 10.4 Å². The molecule has 2 saturated carbocycles. The molecular weight excluding hydrogens is 226 g/mol. The number of hydrogen-bond donors (Lipinski definition) is 1. The maximum atomic E-state index is 6.63. The summed E-state index contributed by atoms with van der Waals surface area (Å²) in [4.78, 5) is 1.36. The van der Waals surface area contributed by atoms with Crippen molar-refractivity contribution in [3.8, 4) is 0 Å². The number of fused-ring (bicyclic) bond motifs is 1. The quantitative estimate of drug-likeness (QED) is 0.823. The van der Waals surface area contributed by atoms with Gasteiger partial charge in [-0.25, -0.2) is 0 Å². The van der Waals surface area contributed by atoms with Crippen LogP contribution in [0.2, 0.25) is 0 Å². The van der Waals surface area contributed by atoms with Gasteiger partial charge in [0.05, 0.1) is 0 Å². The first-order valence-electron chi connectivity index (χ1n) is 6.79. The predicted octanol–water partition coefficient (Wildman–Crippen LogP) is 3.77. The molecule has 0 aromatic heterocycles. The lowest BCUT2D eigenvalue weighted by atomic mass is 10.0. The van der Waals surface area contributed by atoms with Crippen LogP contribution in [0, 0.1) is 11.8 Å². The first-order chi connectivity index (χ1) is 8.26. The van der Waals surface area contributed by atoms with E-state index in [2.05, 4.69) is 31.2 Å². The number of rotatable bonds is 3. The summed E-state index contributed by atoms with van der Waals surface area (Å²) >= 11 is 1.90. The second-order valence-electron chi connectivity index (χ2n) is 5.39. The van der Waals surface area contributed by atoms with E-state index in [0.717, 1.165) is 17.6 Å². The maximum absolute atomic E-state index is 6.63. The first-order valence-corrected chi connectivity index (χ1v) is 7.77. The van der Waals surface area contributed by atoms with E-state index in [0.29, 0.717) is 0 Å². The zero-order valence-corrected chi connectivity index (χ0v) is 11.3. The molecule has 0 saturated heterocycles. The Bertz CT molecular complexity index is 386. The van der Waals surface area contributed by atoms with Crippen molar-refractivity contribution in [3.63, 3.8) is 0 Å². The fourth-order valence-electron chi connectivity index (χ4n) is 3.61. The standard InChI is InChI=1S/C15H21NS/c1-2-17-12-9-7-11(8-10-12)15(16)13-5-3-4-6-14(13)15/h7-10,13-14H,2-6,16H2,1H3. The molecule has 1 nitrogen and oxygen atoms in total. The van der Waals surface area contributed by atoms with Crippen LogP contribution in [-0.2, 0) is 5.54 Å². The van der Waals surface area contributed by atoms with Crippen LogP contribution in [0.4, 0.5) is 0 Å². The van der Waals surface area contributed by atoms with E-state index in [-0.39, 0.29) is 5.54 Å².